The van der Waals surface area contributed by atoms with Crippen LogP contribution in [0.4, 0.5) is 0 Å². The zero-order chi connectivity index (χ0) is 26.6. The number of benzene rings is 3. The summed E-state index contributed by atoms with van der Waals surface area (Å²) in [5.74, 6) is 1.64. The van der Waals surface area contributed by atoms with Crippen molar-refractivity contribution in [2.24, 2.45) is 0 Å². The molecule has 0 spiro atoms. The molecular formula is C32H44O2P2. The van der Waals surface area contributed by atoms with Crippen molar-refractivity contribution in [3.8, 4) is 33.8 Å². The van der Waals surface area contributed by atoms with E-state index in [-0.39, 0.29) is 15.8 Å². The molecule has 194 valence electrons. The first-order valence-corrected chi connectivity index (χ1v) is 16.1. The Bertz CT molecular complexity index is 1040. The molecule has 0 aliphatic rings. The van der Waals surface area contributed by atoms with Crippen LogP contribution in [0, 0.1) is 0 Å². The van der Waals surface area contributed by atoms with Crippen LogP contribution < -0.4 is 20.1 Å². The highest BCUT2D eigenvalue weighted by atomic mass is 31.1. The molecule has 0 fully saturated rings. The summed E-state index contributed by atoms with van der Waals surface area (Å²) >= 11 is 0. The van der Waals surface area contributed by atoms with Crippen molar-refractivity contribution < 1.29 is 9.47 Å². The molecule has 0 unspecified atom stereocenters. The third kappa shape index (κ3) is 5.82. The van der Waals surface area contributed by atoms with Crippen LogP contribution in [0.2, 0.25) is 0 Å². The molecule has 0 N–H and O–H groups in total. The van der Waals surface area contributed by atoms with Gasteiger partial charge in [0.05, 0.1) is 14.2 Å². The van der Waals surface area contributed by atoms with Gasteiger partial charge >= 0.3 is 0 Å². The minimum Gasteiger partial charge on any atom is -0.492 e. The third-order valence-corrected chi connectivity index (χ3v) is 13.0. The average Bonchev–Trinajstić information content (AvgIpc) is 2.83. The van der Waals surface area contributed by atoms with Gasteiger partial charge in [0.15, 0.2) is 11.5 Å². The van der Waals surface area contributed by atoms with Gasteiger partial charge in [-0.05, 0) is 56.5 Å². The molecule has 0 aliphatic carbocycles. The summed E-state index contributed by atoms with van der Waals surface area (Å²) < 4.78 is 12.2. The van der Waals surface area contributed by atoms with Crippen molar-refractivity contribution in [2.45, 2.75) is 78.0 Å². The van der Waals surface area contributed by atoms with Crippen LogP contribution >= 0.6 is 15.8 Å². The summed E-state index contributed by atoms with van der Waals surface area (Å²) in [4.78, 5) is 0. The molecule has 3 rings (SSSR count). The largest absolute Gasteiger partial charge is 0.492 e. The second-order valence-electron chi connectivity index (χ2n) is 10.5. The highest BCUT2D eigenvalue weighted by Crippen LogP contribution is 2.52. The van der Waals surface area contributed by atoms with E-state index >= 15 is 0 Å². The molecule has 36 heavy (non-hydrogen) atoms. The van der Waals surface area contributed by atoms with E-state index < -0.39 is 0 Å². The monoisotopic (exact) mass is 522 g/mol. The van der Waals surface area contributed by atoms with E-state index in [9.17, 15) is 0 Å². The maximum atomic E-state index is 6.12. The molecule has 0 saturated carbocycles. The Balaban J connectivity index is 2.28. The van der Waals surface area contributed by atoms with Crippen LogP contribution in [0.3, 0.4) is 0 Å². The SMILES string of the molecule is COc1c(-c2ccccc2P(C(C)C)C(C)C)ccc(-c2ccccc2P(C(C)C)C(C)C)c1OC. The molecule has 3 aromatic carbocycles. The predicted octanol–water partition coefficient (Wildman–Crippen LogP) is 8.89. The van der Waals surface area contributed by atoms with Crippen molar-refractivity contribution in [1.82, 2.24) is 0 Å². The number of hydrogen-bond acceptors (Lipinski definition) is 2. The van der Waals surface area contributed by atoms with Gasteiger partial charge in [-0.3, -0.25) is 0 Å². The fourth-order valence-electron chi connectivity index (χ4n) is 5.55. The molecule has 4 heteroatoms. The van der Waals surface area contributed by atoms with Gasteiger partial charge in [0, 0.05) is 11.1 Å². The fraction of sp³-hybridized carbons (Fsp3) is 0.438. The number of hydrogen-bond donors (Lipinski definition) is 0. The van der Waals surface area contributed by atoms with Crippen LogP contribution in [0.1, 0.15) is 55.4 Å². The molecule has 2 nitrogen and oxygen atoms in total. The minimum absolute atomic E-state index is 0.323. The van der Waals surface area contributed by atoms with Gasteiger partial charge in [-0.1, -0.05) is 120 Å². The van der Waals surface area contributed by atoms with E-state index in [1.807, 2.05) is 0 Å². The van der Waals surface area contributed by atoms with Crippen molar-refractivity contribution in [1.29, 1.82) is 0 Å². The van der Waals surface area contributed by atoms with E-state index in [4.69, 9.17) is 9.47 Å². The maximum absolute atomic E-state index is 6.12. The van der Waals surface area contributed by atoms with Crippen molar-refractivity contribution in [3.63, 3.8) is 0 Å². The van der Waals surface area contributed by atoms with Crippen molar-refractivity contribution in [3.05, 3.63) is 60.7 Å². The summed E-state index contributed by atoms with van der Waals surface area (Å²) in [7, 11) is 2.89. The lowest BCUT2D eigenvalue weighted by Gasteiger charge is -2.30. The average molecular weight is 523 g/mol. The second-order valence-corrected chi connectivity index (χ2v) is 17.2. The van der Waals surface area contributed by atoms with Crippen molar-refractivity contribution in [2.75, 3.05) is 14.2 Å². The van der Waals surface area contributed by atoms with Gasteiger partial charge in [-0.15, -0.1) is 0 Å². The van der Waals surface area contributed by atoms with Gasteiger partial charge in [0.2, 0.25) is 0 Å². The summed E-state index contributed by atoms with van der Waals surface area (Å²) in [5, 5.41) is 2.88. The zero-order valence-electron chi connectivity index (χ0n) is 23.8. The highest BCUT2D eigenvalue weighted by Gasteiger charge is 2.27. The molecule has 0 aliphatic heterocycles. The van der Waals surface area contributed by atoms with Crippen molar-refractivity contribution >= 4 is 26.5 Å². The fourth-order valence-corrected chi connectivity index (χ4v) is 11.6. The zero-order valence-corrected chi connectivity index (χ0v) is 25.6. The van der Waals surface area contributed by atoms with Crippen LogP contribution in [-0.2, 0) is 0 Å². The summed E-state index contributed by atoms with van der Waals surface area (Å²) in [6.45, 7) is 18.8. The highest BCUT2D eigenvalue weighted by molar-refractivity contribution is 7.67. The Hall–Kier alpha value is -1.88. The van der Waals surface area contributed by atoms with Gasteiger partial charge in [-0.25, -0.2) is 0 Å². The second kappa shape index (κ2) is 12.6. The molecule has 0 saturated heterocycles. The standard InChI is InChI=1S/C32H44O2P2/c1-21(2)35(22(3)4)29-17-13-11-15-25(29)27-19-20-28(32(34-10)31(27)33-9)26-16-12-14-18-30(26)36(23(5)6)24(7)8/h11-24H,1-10H3. The van der Waals surface area contributed by atoms with E-state index in [0.717, 1.165) is 22.6 Å². The van der Waals surface area contributed by atoms with Gasteiger partial charge in [-0.2, -0.15) is 0 Å². The molecule has 0 bridgehead atoms. The number of ether oxygens (including phenoxy) is 2. The van der Waals surface area contributed by atoms with Gasteiger partial charge in [0.25, 0.3) is 0 Å². The Morgan fingerprint density at radius 1 is 0.444 bits per heavy atom. The van der Waals surface area contributed by atoms with E-state index in [2.05, 4.69) is 116 Å². The number of methoxy groups -OCH3 is 2. The summed E-state index contributed by atoms with van der Waals surface area (Å²) in [5.41, 5.74) is 7.14. The van der Waals surface area contributed by atoms with Gasteiger partial charge in [0.1, 0.15) is 0 Å². The molecular weight excluding hydrogens is 478 g/mol. The first-order valence-electron chi connectivity index (χ1n) is 13.1. The lowest BCUT2D eigenvalue weighted by atomic mass is 9.97. The lowest BCUT2D eigenvalue weighted by Crippen LogP contribution is -2.18. The smallest absolute Gasteiger partial charge is 0.169 e. The summed E-state index contributed by atoms with van der Waals surface area (Å²) in [6.07, 6.45) is 0. The number of rotatable bonds is 10. The molecule has 0 radical (unpaired) electrons. The predicted molar refractivity (Wildman–Crippen MR) is 164 cm³/mol. The van der Waals surface area contributed by atoms with E-state index in [1.54, 1.807) is 14.2 Å². The molecule has 0 amide bonds. The van der Waals surface area contributed by atoms with E-state index in [0.29, 0.717) is 22.6 Å². The maximum Gasteiger partial charge on any atom is 0.169 e. The topological polar surface area (TPSA) is 18.5 Å². The molecule has 0 heterocycles. The minimum atomic E-state index is -0.323. The quantitative estimate of drug-likeness (QED) is 0.248. The molecule has 0 atom stereocenters. The first kappa shape index (κ1) is 28.7. The van der Waals surface area contributed by atoms with Crippen LogP contribution in [0.15, 0.2) is 60.7 Å². The molecule has 3 aromatic rings. The van der Waals surface area contributed by atoms with E-state index in [1.165, 1.54) is 21.7 Å². The summed E-state index contributed by atoms with van der Waals surface area (Å²) in [6, 6.07) is 22.2. The lowest BCUT2D eigenvalue weighted by molar-refractivity contribution is 0.357. The first-order chi connectivity index (χ1) is 17.1. The van der Waals surface area contributed by atoms with Gasteiger partial charge < -0.3 is 9.47 Å². The Morgan fingerprint density at radius 2 is 0.750 bits per heavy atom. The van der Waals surface area contributed by atoms with Crippen LogP contribution in [0.25, 0.3) is 22.3 Å². The normalized spacial score (nSPS) is 12.0. The Kier molecular flexibility index (Phi) is 10.0. The molecule has 0 aromatic heterocycles. The van der Waals surface area contributed by atoms with Crippen LogP contribution in [-0.4, -0.2) is 36.9 Å². The van der Waals surface area contributed by atoms with Crippen LogP contribution in [0.5, 0.6) is 11.5 Å². The Morgan fingerprint density at radius 3 is 1.03 bits per heavy atom. The Labute approximate surface area is 222 Å². The third-order valence-electron chi connectivity index (χ3n) is 6.69.